The van der Waals surface area contributed by atoms with Crippen molar-refractivity contribution < 1.29 is 19.1 Å². The van der Waals surface area contributed by atoms with Crippen molar-refractivity contribution in [1.82, 2.24) is 10.2 Å². The standard InChI is InChI=1S/C21H26N2O4/c1-27-15-10-8-14(9-11-15)19(13-6-7-13)22-18(24)12-23-20(25)16-4-2-3-5-17(16)21(23)26/h8-11,13,16-17,19H,2-7,12H2,1H3,(H,22,24). The molecule has 6 nitrogen and oxygen atoms in total. The van der Waals surface area contributed by atoms with Gasteiger partial charge in [-0.25, -0.2) is 0 Å². The molecule has 3 fully saturated rings. The SMILES string of the molecule is COc1ccc(C(NC(=O)CN2C(=O)C3CCCCC3C2=O)C2CC2)cc1. The van der Waals surface area contributed by atoms with E-state index in [-0.39, 0.29) is 42.1 Å². The van der Waals surface area contributed by atoms with E-state index in [2.05, 4.69) is 5.32 Å². The first-order valence-corrected chi connectivity index (χ1v) is 9.87. The van der Waals surface area contributed by atoms with Crippen LogP contribution in [-0.2, 0) is 14.4 Å². The maximum atomic E-state index is 12.7. The number of imide groups is 1. The third-order valence-electron chi connectivity index (χ3n) is 6.12. The Bertz CT molecular complexity index is 717. The van der Waals surface area contributed by atoms with E-state index in [9.17, 15) is 14.4 Å². The molecule has 1 saturated heterocycles. The first kappa shape index (κ1) is 18.0. The lowest BCUT2D eigenvalue weighted by atomic mass is 9.81. The zero-order chi connectivity index (χ0) is 19.0. The van der Waals surface area contributed by atoms with Crippen LogP contribution in [0.5, 0.6) is 5.75 Å². The number of carbonyl (C=O) groups is 3. The Hall–Kier alpha value is -2.37. The molecule has 0 spiro atoms. The summed E-state index contributed by atoms with van der Waals surface area (Å²) in [4.78, 5) is 39.0. The van der Waals surface area contributed by atoms with Gasteiger partial charge in [-0.2, -0.15) is 0 Å². The van der Waals surface area contributed by atoms with Crippen molar-refractivity contribution in [3.05, 3.63) is 29.8 Å². The number of benzene rings is 1. The molecule has 1 aromatic carbocycles. The average Bonchev–Trinajstić information content (AvgIpc) is 3.51. The molecule has 3 amide bonds. The highest BCUT2D eigenvalue weighted by atomic mass is 16.5. The second-order valence-electron chi connectivity index (χ2n) is 7.92. The minimum Gasteiger partial charge on any atom is -0.497 e. The number of nitrogens with zero attached hydrogens (tertiary/aromatic N) is 1. The number of hydrogen-bond donors (Lipinski definition) is 1. The lowest BCUT2D eigenvalue weighted by Crippen LogP contribution is -2.42. The van der Waals surface area contributed by atoms with Crippen LogP contribution < -0.4 is 10.1 Å². The lowest BCUT2D eigenvalue weighted by molar-refractivity contribution is -0.143. The lowest BCUT2D eigenvalue weighted by Gasteiger charge is -2.21. The molecule has 3 aliphatic rings. The maximum absolute atomic E-state index is 12.7. The van der Waals surface area contributed by atoms with E-state index in [1.807, 2.05) is 24.3 Å². The van der Waals surface area contributed by atoms with Crippen molar-refractivity contribution >= 4 is 17.7 Å². The Morgan fingerprint density at radius 2 is 1.67 bits per heavy atom. The summed E-state index contributed by atoms with van der Waals surface area (Å²) >= 11 is 0. The van der Waals surface area contributed by atoms with Gasteiger partial charge in [-0.1, -0.05) is 25.0 Å². The average molecular weight is 370 g/mol. The van der Waals surface area contributed by atoms with Crippen LogP contribution in [0.3, 0.4) is 0 Å². The molecule has 3 atom stereocenters. The predicted molar refractivity (Wildman–Crippen MR) is 98.8 cm³/mol. The quantitative estimate of drug-likeness (QED) is 0.781. The van der Waals surface area contributed by atoms with Crippen molar-refractivity contribution in [1.29, 1.82) is 0 Å². The summed E-state index contributed by atoms with van der Waals surface area (Å²) in [5.41, 5.74) is 1.03. The van der Waals surface area contributed by atoms with E-state index >= 15 is 0 Å². The zero-order valence-corrected chi connectivity index (χ0v) is 15.6. The second-order valence-corrected chi connectivity index (χ2v) is 7.92. The summed E-state index contributed by atoms with van der Waals surface area (Å²) in [5, 5.41) is 3.06. The van der Waals surface area contributed by atoms with E-state index in [0.717, 1.165) is 49.8 Å². The number of carbonyl (C=O) groups excluding carboxylic acids is 3. The zero-order valence-electron chi connectivity index (χ0n) is 15.6. The van der Waals surface area contributed by atoms with Crippen LogP contribution in [0, 0.1) is 17.8 Å². The summed E-state index contributed by atoms with van der Waals surface area (Å²) in [5.74, 6) is 0.188. The summed E-state index contributed by atoms with van der Waals surface area (Å²) in [7, 11) is 1.62. The van der Waals surface area contributed by atoms with E-state index in [4.69, 9.17) is 4.74 Å². The summed E-state index contributed by atoms with van der Waals surface area (Å²) in [6.07, 6.45) is 5.65. The van der Waals surface area contributed by atoms with Gasteiger partial charge in [0.1, 0.15) is 12.3 Å². The molecule has 27 heavy (non-hydrogen) atoms. The highest BCUT2D eigenvalue weighted by molar-refractivity contribution is 6.07. The van der Waals surface area contributed by atoms with Gasteiger partial charge in [0.05, 0.1) is 25.0 Å². The summed E-state index contributed by atoms with van der Waals surface area (Å²) < 4.78 is 5.20. The Morgan fingerprint density at radius 3 is 2.19 bits per heavy atom. The van der Waals surface area contributed by atoms with Gasteiger partial charge in [-0.15, -0.1) is 0 Å². The van der Waals surface area contributed by atoms with Gasteiger partial charge < -0.3 is 10.1 Å². The maximum Gasteiger partial charge on any atom is 0.240 e. The van der Waals surface area contributed by atoms with Gasteiger partial charge in [0.25, 0.3) is 0 Å². The van der Waals surface area contributed by atoms with Crippen LogP contribution in [0.1, 0.15) is 50.1 Å². The van der Waals surface area contributed by atoms with Crippen LogP contribution >= 0.6 is 0 Å². The van der Waals surface area contributed by atoms with Crippen molar-refractivity contribution in [2.45, 2.75) is 44.6 Å². The Morgan fingerprint density at radius 1 is 1.07 bits per heavy atom. The van der Waals surface area contributed by atoms with Gasteiger partial charge in [-0.05, 0) is 49.3 Å². The topological polar surface area (TPSA) is 75.7 Å². The molecule has 2 saturated carbocycles. The smallest absolute Gasteiger partial charge is 0.240 e. The molecule has 144 valence electrons. The van der Waals surface area contributed by atoms with Crippen LogP contribution in [0.25, 0.3) is 0 Å². The third kappa shape index (κ3) is 3.57. The van der Waals surface area contributed by atoms with Crippen LogP contribution in [0.2, 0.25) is 0 Å². The van der Waals surface area contributed by atoms with Crippen LogP contribution in [0.4, 0.5) is 0 Å². The normalized spacial score (nSPS) is 25.9. The van der Waals surface area contributed by atoms with Gasteiger partial charge in [0, 0.05) is 0 Å². The first-order chi connectivity index (χ1) is 13.1. The Labute approximate surface area is 159 Å². The van der Waals surface area contributed by atoms with Gasteiger partial charge >= 0.3 is 0 Å². The van der Waals surface area contributed by atoms with E-state index in [1.165, 1.54) is 4.90 Å². The molecular formula is C21H26N2O4. The van der Waals surface area contributed by atoms with Crippen molar-refractivity contribution in [2.24, 2.45) is 17.8 Å². The number of amides is 3. The predicted octanol–water partition coefficient (Wildman–Crippen LogP) is 2.44. The van der Waals surface area contributed by atoms with Gasteiger partial charge in [-0.3, -0.25) is 19.3 Å². The molecule has 0 radical (unpaired) electrons. The minimum absolute atomic E-state index is 0.0847. The molecule has 3 unspecified atom stereocenters. The van der Waals surface area contributed by atoms with Crippen molar-refractivity contribution in [3.8, 4) is 5.75 Å². The molecule has 1 heterocycles. The summed E-state index contributed by atoms with van der Waals surface area (Å²) in [6.45, 7) is -0.163. The second kappa shape index (κ2) is 7.33. The highest BCUT2D eigenvalue weighted by Gasteiger charge is 2.48. The molecule has 0 aromatic heterocycles. The molecule has 1 N–H and O–H groups in total. The van der Waals surface area contributed by atoms with Crippen molar-refractivity contribution in [3.63, 3.8) is 0 Å². The largest absolute Gasteiger partial charge is 0.497 e. The van der Waals surface area contributed by atoms with Crippen LogP contribution in [-0.4, -0.2) is 36.3 Å². The van der Waals surface area contributed by atoms with Crippen LogP contribution in [0.15, 0.2) is 24.3 Å². The number of fused-ring (bicyclic) bond motifs is 1. The fourth-order valence-electron chi connectivity index (χ4n) is 4.46. The van der Waals surface area contributed by atoms with E-state index in [1.54, 1.807) is 7.11 Å². The molecule has 0 bridgehead atoms. The fraction of sp³-hybridized carbons (Fsp3) is 0.571. The fourth-order valence-corrected chi connectivity index (χ4v) is 4.46. The molecule has 2 aliphatic carbocycles. The van der Waals surface area contributed by atoms with Crippen molar-refractivity contribution in [2.75, 3.05) is 13.7 Å². The molecule has 4 rings (SSSR count). The number of hydrogen-bond acceptors (Lipinski definition) is 4. The number of likely N-dealkylation sites (tertiary alicyclic amines) is 1. The Kier molecular flexibility index (Phi) is 4.89. The minimum atomic E-state index is -0.261. The molecular weight excluding hydrogens is 344 g/mol. The monoisotopic (exact) mass is 370 g/mol. The third-order valence-corrected chi connectivity index (χ3v) is 6.12. The van der Waals surface area contributed by atoms with Gasteiger partial charge in [0.15, 0.2) is 0 Å². The highest BCUT2D eigenvalue weighted by Crippen LogP contribution is 2.41. The van der Waals surface area contributed by atoms with E-state index in [0.29, 0.717) is 5.92 Å². The number of methoxy groups -OCH3 is 1. The van der Waals surface area contributed by atoms with E-state index < -0.39 is 0 Å². The first-order valence-electron chi connectivity index (χ1n) is 9.87. The number of ether oxygens (including phenoxy) is 1. The number of nitrogens with one attached hydrogen (secondary N) is 1. The summed E-state index contributed by atoms with van der Waals surface area (Å²) in [6, 6.07) is 7.61. The Balaban J connectivity index is 1.42. The van der Waals surface area contributed by atoms with Gasteiger partial charge in [0.2, 0.25) is 17.7 Å². The molecule has 6 heteroatoms. The number of rotatable bonds is 6. The molecule has 1 aliphatic heterocycles. The molecule has 1 aromatic rings.